The summed E-state index contributed by atoms with van der Waals surface area (Å²) in [4.78, 5) is 30.7. The number of anilines is 1. The average molecular weight is 642 g/mol. The van der Waals surface area contributed by atoms with Gasteiger partial charge in [0.15, 0.2) is 0 Å². The van der Waals surface area contributed by atoms with E-state index in [9.17, 15) is 27.9 Å². The van der Waals surface area contributed by atoms with E-state index in [2.05, 4.69) is 10.2 Å². The van der Waals surface area contributed by atoms with Crippen molar-refractivity contribution < 1.29 is 27.9 Å². The second-order valence-electron chi connectivity index (χ2n) is 14.1. The Kier molecular flexibility index (Phi) is 8.02. The van der Waals surface area contributed by atoms with Gasteiger partial charge in [-0.25, -0.2) is 0 Å². The van der Waals surface area contributed by atoms with Crippen molar-refractivity contribution in [3.63, 3.8) is 0 Å². The second-order valence-corrected chi connectivity index (χ2v) is 14.5. The molecule has 3 unspecified atom stereocenters. The molecular formula is C35H39ClF3N3O3. The van der Waals surface area contributed by atoms with Crippen LogP contribution >= 0.6 is 11.6 Å². The van der Waals surface area contributed by atoms with Crippen molar-refractivity contribution in [2.24, 2.45) is 29.6 Å². The Morgan fingerprint density at radius 1 is 1.02 bits per heavy atom. The predicted molar refractivity (Wildman–Crippen MR) is 165 cm³/mol. The fourth-order valence-electron chi connectivity index (χ4n) is 9.04. The monoisotopic (exact) mass is 641 g/mol. The third kappa shape index (κ3) is 6.28. The van der Waals surface area contributed by atoms with Crippen LogP contribution in [0.4, 0.5) is 18.9 Å². The summed E-state index contributed by atoms with van der Waals surface area (Å²) in [5.74, 6) is 0.919. The maximum absolute atomic E-state index is 13.5. The number of nitrogens with zero attached hydrogens (tertiary/aromatic N) is 2. The van der Waals surface area contributed by atoms with E-state index < -0.39 is 17.3 Å². The van der Waals surface area contributed by atoms with E-state index >= 15 is 0 Å². The highest BCUT2D eigenvalue weighted by Gasteiger charge is 2.57. The van der Waals surface area contributed by atoms with Crippen LogP contribution in [0.5, 0.6) is 0 Å². The minimum Gasteiger partial charge on any atom is -0.390 e. The van der Waals surface area contributed by atoms with Crippen LogP contribution in [0, 0.1) is 29.6 Å². The molecule has 3 atom stereocenters. The molecule has 0 radical (unpaired) electrons. The number of carbonyl (C=O) groups excluding carboxylic acids is 2. The lowest BCUT2D eigenvalue weighted by Gasteiger charge is -2.59. The van der Waals surface area contributed by atoms with Crippen molar-refractivity contribution in [1.82, 2.24) is 9.80 Å². The molecule has 10 heteroatoms. The summed E-state index contributed by atoms with van der Waals surface area (Å²) in [5, 5.41) is 14.5. The normalized spacial score (nSPS) is 31.6. The van der Waals surface area contributed by atoms with Crippen molar-refractivity contribution in [3.05, 3.63) is 76.5 Å². The first-order chi connectivity index (χ1) is 21.4. The van der Waals surface area contributed by atoms with Gasteiger partial charge in [-0.3, -0.25) is 14.5 Å². The summed E-state index contributed by atoms with van der Waals surface area (Å²) in [6.07, 6.45) is 6.14. The summed E-state index contributed by atoms with van der Waals surface area (Å²) in [5.41, 5.74) is 1.10. The van der Waals surface area contributed by atoms with Crippen LogP contribution in [0.1, 0.15) is 61.6 Å². The van der Waals surface area contributed by atoms with Gasteiger partial charge < -0.3 is 15.3 Å². The van der Waals surface area contributed by atoms with Gasteiger partial charge in [-0.15, -0.1) is 0 Å². The summed E-state index contributed by atoms with van der Waals surface area (Å²) < 4.78 is 38.5. The molecule has 2 N–H and O–H groups in total. The number of hydrogen-bond donors (Lipinski definition) is 2. The molecule has 0 aromatic heterocycles. The first-order valence-electron chi connectivity index (χ1n) is 16.1. The number of benzene rings is 2. The lowest BCUT2D eigenvalue weighted by molar-refractivity contribution is -0.164. The quantitative estimate of drug-likeness (QED) is 0.355. The van der Waals surface area contributed by atoms with Crippen molar-refractivity contribution in [2.45, 2.75) is 75.7 Å². The average Bonchev–Trinajstić information content (AvgIpc) is 3.33. The molecule has 240 valence electrons. The number of likely N-dealkylation sites (tertiary alicyclic amines) is 1. The molecule has 2 amide bonds. The molecule has 2 aromatic rings. The van der Waals surface area contributed by atoms with E-state index in [4.69, 9.17) is 11.6 Å². The summed E-state index contributed by atoms with van der Waals surface area (Å²) in [7, 11) is 0. The zero-order chi connectivity index (χ0) is 31.5. The topological polar surface area (TPSA) is 72.9 Å². The third-order valence-electron chi connectivity index (χ3n) is 11.0. The second kappa shape index (κ2) is 11.7. The Hall–Kier alpha value is -2.88. The van der Waals surface area contributed by atoms with Crippen LogP contribution in [0.15, 0.2) is 54.7 Å². The smallest absolute Gasteiger partial charge is 0.390 e. The number of halogens is 4. The Labute approximate surface area is 266 Å². The zero-order valence-electron chi connectivity index (χ0n) is 25.1. The minimum atomic E-state index is -4.34. The van der Waals surface area contributed by atoms with Gasteiger partial charge in [0.1, 0.15) is 0 Å². The first-order valence-corrected chi connectivity index (χ1v) is 16.5. The van der Waals surface area contributed by atoms with Gasteiger partial charge in [0.25, 0.3) is 0 Å². The van der Waals surface area contributed by atoms with E-state index in [1.807, 2.05) is 29.3 Å². The Morgan fingerprint density at radius 3 is 2.33 bits per heavy atom. The number of piperidine rings is 1. The summed E-state index contributed by atoms with van der Waals surface area (Å²) in [6, 6.07) is 10.9. The highest BCUT2D eigenvalue weighted by Crippen LogP contribution is 2.57. The molecule has 45 heavy (non-hydrogen) atoms. The number of nitrogens with one attached hydrogen (secondary N) is 1. The SMILES string of the molecule is O=C(Nc1ccc(CC2C=CN(C3C4CC5CC3CC(O)(C5)C4)C2=O)c(Cl)c1)C1CCN(Cc2ccc(C(F)(F)F)cc2)CC1. The van der Waals surface area contributed by atoms with Crippen molar-refractivity contribution in [1.29, 1.82) is 0 Å². The Morgan fingerprint density at radius 2 is 1.71 bits per heavy atom. The highest BCUT2D eigenvalue weighted by atomic mass is 35.5. The third-order valence-corrected chi connectivity index (χ3v) is 11.3. The molecule has 4 aliphatic carbocycles. The van der Waals surface area contributed by atoms with E-state index in [1.54, 1.807) is 6.07 Å². The van der Waals surface area contributed by atoms with E-state index in [0.29, 0.717) is 67.4 Å². The number of amides is 2. The van der Waals surface area contributed by atoms with Gasteiger partial charge in [0.05, 0.1) is 17.1 Å². The van der Waals surface area contributed by atoms with Gasteiger partial charge in [0, 0.05) is 35.4 Å². The number of rotatable bonds is 7. The van der Waals surface area contributed by atoms with E-state index in [1.165, 1.54) is 12.1 Å². The van der Waals surface area contributed by atoms with Crippen molar-refractivity contribution in [3.8, 4) is 0 Å². The van der Waals surface area contributed by atoms with Gasteiger partial charge in [0.2, 0.25) is 11.8 Å². The number of alkyl halides is 3. The molecule has 1 saturated heterocycles. The molecule has 2 aliphatic heterocycles. The highest BCUT2D eigenvalue weighted by molar-refractivity contribution is 6.31. The van der Waals surface area contributed by atoms with Crippen LogP contribution in [0.3, 0.4) is 0 Å². The van der Waals surface area contributed by atoms with Crippen LogP contribution in [0.25, 0.3) is 0 Å². The van der Waals surface area contributed by atoms with Crippen LogP contribution in [-0.2, 0) is 28.7 Å². The fraction of sp³-hybridized carbons (Fsp3) is 0.543. The molecular weight excluding hydrogens is 603 g/mol. The van der Waals surface area contributed by atoms with Gasteiger partial charge in [-0.2, -0.15) is 13.2 Å². The molecule has 6 nitrogen and oxygen atoms in total. The standard InChI is InChI=1S/C35H39ClF3N3O3/c36-30-16-29(40-32(43)23-7-10-41(11-8-23)20-21-1-4-28(5-2-21)35(37,38)39)6-3-24(30)15-25-9-12-42(33(25)44)31-26-13-22-14-27(31)19-34(45,17-22)18-26/h1-6,9,12,16,22-23,25-27,31,45H,7-8,10-11,13-15,17-20H2,(H,40,43). The van der Waals surface area contributed by atoms with Gasteiger partial charge >= 0.3 is 6.18 Å². The van der Waals surface area contributed by atoms with Crippen LogP contribution in [0.2, 0.25) is 5.02 Å². The number of carbonyl (C=O) groups is 2. The van der Waals surface area contributed by atoms with Crippen molar-refractivity contribution in [2.75, 3.05) is 18.4 Å². The Balaban J connectivity index is 0.897. The summed E-state index contributed by atoms with van der Waals surface area (Å²) >= 11 is 6.66. The molecule has 0 spiro atoms. The van der Waals surface area contributed by atoms with E-state index in [0.717, 1.165) is 55.4 Å². The minimum absolute atomic E-state index is 0.0714. The fourth-order valence-corrected chi connectivity index (χ4v) is 9.29. The number of aliphatic hydroxyl groups is 1. The van der Waals surface area contributed by atoms with Gasteiger partial charge in [-0.1, -0.05) is 35.9 Å². The van der Waals surface area contributed by atoms with E-state index in [-0.39, 0.29) is 29.7 Å². The molecule has 5 fully saturated rings. The van der Waals surface area contributed by atoms with Gasteiger partial charge in [-0.05, 0) is 118 Å². The summed E-state index contributed by atoms with van der Waals surface area (Å²) in [6.45, 7) is 1.91. The maximum Gasteiger partial charge on any atom is 0.416 e. The Bertz CT molecular complexity index is 1470. The maximum atomic E-state index is 13.5. The lowest BCUT2D eigenvalue weighted by Crippen LogP contribution is -2.61. The molecule has 4 bridgehead atoms. The molecule has 2 heterocycles. The molecule has 6 aliphatic rings. The predicted octanol–water partition coefficient (Wildman–Crippen LogP) is 6.66. The zero-order valence-corrected chi connectivity index (χ0v) is 25.9. The number of hydrogen-bond acceptors (Lipinski definition) is 4. The lowest BCUT2D eigenvalue weighted by atomic mass is 9.52. The van der Waals surface area contributed by atoms with Crippen LogP contribution < -0.4 is 5.32 Å². The first kappa shape index (κ1) is 30.8. The molecule has 4 saturated carbocycles. The van der Waals surface area contributed by atoms with Crippen molar-refractivity contribution >= 4 is 29.1 Å². The van der Waals surface area contributed by atoms with Crippen LogP contribution in [-0.4, -0.2) is 51.5 Å². The largest absolute Gasteiger partial charge is 0.416 e. The molecule has 8 rings (SSSR count). The molecule has 2 aromatic carbocycles.